The van der Waals surface area contributed by atoms with Crippen molar-refractivity contribution in [1.82, 2.24) is 19.8 Å². The average molecular weight is 334 g/mol. The molecular weight excluding hydrogens is 308 g/mol. The van der Waals surface area contributed by atoms with Crippen molar-refractivity contribution >= 4 is 11.8 Å². The molecule has 24 heavy (non-hydrogen) atoms. The first-order valence-corrected chi connectivity index (χ1v) is 8.62. The highest BCUT2D eigenvalue weighted by Gasteiger charge is 2.46. The molecule has 132 valence electrons. The second kappa shape index (κ2) is 6.55. The number of aryl methyl sites for hydroxylation is 1. The molecule has 0 spiro atoms. The number of rotatable bonds is 6. The van der Waals surface area contributed by atoms with E-state index in [0.29, 0.717) is 19.5 Å². The highest BCUT2D eigenvalue weighted by atomic mass is 16.5. The van der Waals surface area contributed by atoms with Crippen LogP contribution in [0.15, 0.2) is 12.4 Å². The van der Waals surface area contributed by atoms with Gasteiger partial charge in [-0.05, 0) is 26.2 Å². The first kappa shape index (κ1) is 17.0. The summed E-state index contributed by atoms with van der Waals surface area (Å²) in [6.07, 6.45) is 6.62. The van der Waals surface area contributed by atoms with Crippen LogP contribution in [0.3, 0.4) is 0 Å². The topological polar surface area (TPSA) is 76.5 Å². The Hall–Kier alpha value is -1.89. The van der Waals surface area contributed by atoms with E-state index in [2.05, 4.69) is 10.3 Å². The Labute approximate surface area is 142 Å². The number of hydrogen-bond donors (Lipinski definition) is 1. The van der Waals surface area contributed by atoms with E-state index in [1.807, 2.05) is 29.6 Å². The van der Waals surface area contributed by atoms with E-state index in [4.69, 9.17) is 4.74 Å². The zero-order valence-electron chi connectivity index (χ0n) is 14.6. The van der Waals surface area contributed by atoms with Gasteiger partial charge in [0, 0.05) is 52.0 Å². The lowest BCUT2D eigenvalue weighted by Crippen LogP contribution is -2.54. The van der Waals surface area contributed by atoms with Gasteiger partial charge in [-0.1, -0.05) is 0 Å². The molecule has 0 radical (unpaired) electrons. The highest BCUT2D eigenvalue weighted by Crippen LogP contribution is 2.38. The van der Waals surface area contributed by atoms with Gasteiger partial charge in [0.25, 0.3) is 5.91 Å². The predicted octanol–water partition coefficient (Wildman–Crippen LogP) is 1.01. The van der Waals surface area contributed by atoms with Gasteiger partial charge in [-0.2, -0.15) is 0 Å². The molecule has 0 unspecified atom stereocenters. The number of amides is 2. The minimum absolute atomic E-state index is 0.0245. The molecule has 1 aromatic rings. The number of imidazole rings is 1. The normalized spacial score (nSPS) is 25.6. The number of ether oxygens (including phenoxy) is 1. The van der Waals surface area contributed by atoms with Crippen molar-refractivity contribution in [2.75, 3.05) is 20.2 Å². The molecule has 3 rings (SSSR count). The molecule has 2 atom stereocenters. The van der Waals surface area contributed by atoms with Crippen molar-refractivity contribution in [1.29, 1.82) is 0 Å². The summed E-state index contributed by atoms with van der Waals surface area (Å²) >= 11 is 0. The fourth-order valence-corrected chi connectivity index (χ4v) is 3.84. The molecule has 1 N–H and O–H groups in total. The van der Waals surface area contributed by atoms with Gasteiger partial charge in [-0.15, -0.1) is 0 Å². The number of nitrogens with one attached hydrogen (secondary N) is 1. The number of nitrogens with zero attached hydrogens (tertiary/aromatic N) is 3. The van der Waals surface area contributed by atoms with Crippen LogP contribution in [0, 0.1) is 5.92 Å². The Bertz CT molecular complexity index is 618. The van der Waals surface area contributed by atoms with Crippen LogP contribution in [0.25, 0.3) is 0 Å². The third-order valence-electron chi connectivity index (χ3n) is 5.49. The SMILES string of the molecule is CCN1C(=O)C[C@@H](CNC(=O)C2(OC)CCC2)[C@@H]1c1nccn1C. The van der Waals surface area contributed by atoms with Crippen molar-refractivity contribution in [2.45, 2.75) is 44.2 Å². The molecule has 1 aromatic heterocycles. The summed E-state index contributed by atoms with van der Waals surface area (Å²) in [5, 5.41) is 3.02. The number of carbonyl (C=O) groups excluding carboxylic acids is 2. The second-order valence-electron chi connectivity index (χ2n) is 6.75. The van der Waals surface area contributed by atoms with Crippen LogP contribution in [-0.2, 0) is 21.4 Å². The summed E-state index contributed by atoms with van der Waals surface area (Å²) in [7, 11) is 3.52. The summed E-state index contributed by atoms with van der Waals surface area (Å²) in [6.45, 7) is 3.08. The average Bonchev–Trinajstić information content (AvgIpc) is 3.07. The highest BCUT2D eigenvalue weighted by molar-refractivity contribution is 5.86. The number of likely N-dealkylation sites (tertiary alicyclic amines) is 1. The van der Waals surface area contributed by atoms with Crippen LogP contribution in [0.5, 0.6) is 0 Å². The Kier molecular flexibility index (Phi) is 4.62. The standard InChI is InChI=1S/C17H26N4O3/c1-4-21-13(22)10-12(14(21)15-18-8-9-20(15)2)11-19-16(23)17(24-3)6-5-7-17/h8-9,12,14H,4-7,10-11H2,1-3H3,(H,19,23)/t12-,14+/m0/s1. The van der Waals surface area contributed by atoms with Crippen molar-refractivity contribution in [3.8, 4) is 0 Å². The maximum Gasteiger partial charge on any atom is 0.252 e. The van der Waals surface area contributed by atoms with E-state index in [1.165, 1.54) is 0 Å². The third kappa shape index (κ3) is 2.70. The fraction of sp³-hybridized carbons (Fsp3) is 0.706. The number of hydrogen-bond acceptors (Lipinski definition) is 4. The van der Waals surface area contributed by atoms with E-state index in [0.717, 1.165) is 25.1 Å². The molecule has 2 amide bonds. The largest absolute Gasteiger partial charge is 0.368 e. The third-order valence-corrected chi connectivity index (χ3v) is 5.49. The van der Waals surface area contributed by atoms with Gasteiger partial charge < -0.3 is 19.5 Å². The lowest BCUT2D eigenvalue weighted by molar-refractivity contribution is -0.154. The number of methoxy groups -OCH3 is 1. The quantitative estimate of drug-likeness (QED) is 0.842. The van der Waals surface area contributed by atoms with Gasteiger partial charge in [0.05, 0.1) is 6.04 Å². The molecule has 2 aliphatic rings. The number of carbonyl (C=O) groups is 2. The van der Waals surface area contributed by atoms with Crippen molar-refractivity contribution in [3.63, 3.8) is 0 Å². The molecule has 1 aliphatic carbocycles. The van der Waals surface area contributed by atoms with E-state index in [-0.39, 0.29) is 23.8 Å². The summed E-state index contributed by atoms with van der Waals surface area (Å²) in [5.41, 5.74) is -0.661. The molecule has 1 saturated heterocycles. The van der Waals surface area contributed by atoms with Crippen LogP contribution >= 0.6 is 0 Å². The first-order valence-electron chi connectivity index (χ1n) is 8.62. The summed E-state index contributed by atoms with van der Waals surface area (Å²) in [4.78, 5) is 31.1. The lowest BCUT2D eigenvalue weighted by Gasteiger charge is -2.39. The molecule has 7 heteroatoms. The van der Waals surface area contributed by atoms with E-state index in [9.17, 15) is 9.59 Å². The summed E-state index contributed by atoms with van der Waals surface area (Å²) in [6, 6.07) is -0.0947. The van der Waals surface area contributed by atoms with Crippen LogP contribution < -0.4 is 5.32 Å². The maximum atomic E-state index is 12.5. The molecular formula is C17H26N4O3. The van der Waals surface area contributed by atoms with Gasteiger partial charge in [-0.3, -0.25) is 9.59 Å². The van der Waals surface area contributed by atoms with Crippen molar-refractivity contribution < 1.29 is 14.3 Å². The second-order valence-corrected chi connectivity index (χ2v) is 6.75. The fourth-order valence-electron chi connectivity index (χ4n) is 3.84. The van der Waals surface area contributed by atoms with Gasteiger partial charge in [0.1, 0.15) is 11.4 Å². The predicted molar refractivity (Wildman–Crippen MR) is 88.0 cm³/mol. The van der Waals surface area contributed by atoms with E-state index >= 15 is 0 Å². The Morgan fingerprint density at radius 3 is 2.75 bits per heavy atom. The molecule has 2 fully saturated rings. The van der Waals surface area contributed by atoms with Crippen molar-refractivity contribution in [2.24, 2.45) is 13.0 Å². The van der Waals surface area contributed by atoms with Crippen LogP contribution in [0.4, 0.5) is 0 Å². The summed E-state index contributed by atoms with van der Waals surface area (Å²) in [5.74, 6) is 0.954. The van der Waals surface area contributed by atoms with Gasteiger partial charge in [0.2, 0.25) is 5.91 Å². The smallest absolute Gasteiger partial charge is 0.252 e. The summed E-state index contributed by atoms with van der Waals surface area (Å²) < 4.78 is 7.37. The molecule has 0 bridgehead atoms. The Balaban J connectivity index is 1.73. The minimum Gasteiger partial charge on any atom is -0.368 e. The van der Waals surface area contributed by atoms with Crippen LogP contribution in [0.1, 0.15) is 44.5 Å². The molecule has 2 heterocycles. The monoisotopic (exact) mass is 334 g/mol. The van der Waals surface area contributed by atoms with Gasteiger partial charge in [0.15, 0.2) is 0 Å². The molecule has 1 saturated carbocycles. The minimum atomic E-state index is -0.661. The zero-order valence-corrected chi connectivity index (χ0v) is 14.6. The lowest BCUT2D eigenvalue weighted by atomic mass is 9.79. The van der Waals surface area contributed by atoms with Gasteiger partial charge in [-0.25, -0.2) is 4.98 Å². The maximum absolute atomic E-state index is 12.5. The zero-order chi connectivity index (χ0) is 17.3. The Morgan fingerprint density at radius 1 is 1.50 bits per heavy atom. The van der Waals surface area contributed by atoms with Crippen molar-refractivity contribution in [3.05, 3.63) is 18.2 Å². The van der Waals surface area contributed by atoms with E-state index in [1.54, 1.807) is 13.3 Å². The van der Waals surface area contributed by atoms with E-state index < -0.39 is 5.60 Å². The molecule has 1 aliphatic heterocycles. The first-order chi connectivity index (χ1) is 11.5. The van der Waals surface area contributed by atoms with Crippen LogP contribution in [-0.4, -0.2) is 52.1 Å². The van der Waals surface area contributed by atoms with Gasteiger partial charge >= 0.3 is 0 Å². The number of aromatic nitrogens is 2. The molecule has 0 aromatic carbocycles. The van der Waals surface area contributed by atoms with Crippen LogP contribution in [0.2, 0.25) is 0 Å². The molecule has 7 nitrogen and oxygen atoms in total. The Morgan fingerprint density at radius 2 is 2.25 bits per heavy atom.